The van der Waals surface area contributed by atoms with Crippen molar-refractivity contribution < 1.29 is 4.74 Å². The molecule has 1 N–H and O–H groups in total. The van der Waals surface area contributed by atoms with Gasteiger partial charge in [0.25, 0.3) is 0 Å². The molecule has 0 amide bonds. The van der Waals surface area contributed by atoms with Crippen molar-refractivity contribution in [1.29, 1.82) is 0 Å². The van der Waals surface area contributed by atoms with Gasteiger partial charge in [-0.1, -0.05) is 37.3 Å². The van der Waals surface area contributed by atoms with E-state index >= 15 is 0 Å². The summed E-state index contributed by atoms with van der Waals surface area (Å²) in [5, 5.41) is 3.62. The summed E-state index contributed by atoms with van der Waals surface area (Å²) in [6, 6.07) is 15.2. The minimum Gasteiger partial charge on any atom is -0.487 e. The Balaban J connectivity index is 0.00000196. The highest BCUT2D eigenvalue weighted by molar-refractivity contribution is 9.11. The molecular weight excluding hydrogens is 527 g/mol. The van der Waals surface area contributed by atoms with Gasteiger partial charge in [-0.15, -0.1) is 24.8 Å². The van der Waals surface area contributed by atoms with Gasteiger partial charge < -0.3 is 10.1 Å². The Morgan fingerprint density at radius 3 is 2.39 bits per heavy atom. The first-order chi connectivity index (χ1) is 12.7. The SMILES string of the molecule is CCN1CCCC1CNCc1cc(Br)c(OCc2ccccc2)c(Br)c1.Cl.Cl. The molecule has 0 saturated carbocycles. The number of likely N-dealkylation sites (tertiary alicyclic amines) is 1. The van der Waals surface area contributed by atoms with Gasteiger partial charge in [-0.25, -0.2) is 0 Å². The van der Waals surface area contributed by atoms with E-state index in [0.29, 0.717) is 12.6 Å². The Labute approximate surface area is 197 Å². The van der Waals surface area contributed by atoms with Crippen LogP contribution in [0, 0.1) is 0 Å². The lowest BCUT2D eigenvalue weighted by atomic mass is 10.2. The smallest absolute Gasteiger partial charge is 0.148 e. The van der Waals surface area contributed by atoms with E-state index in [0.717, 1.165) is 39.9 Å². The third-order valence-corrected chi connectivity index (χ3v) is 6.08. The van der Waals surface area contributed by atoms with Gasteiger partial charge in [0, 0.05) is 19.1 Å². The Kier molecular flexibility index (Phi) is 12.0. The predicted octanol–water partition coefficient (Wildman–Crippen LogP) is 6.21. The molecule has 0 radical (unpaired) electrons. The highest BCUT2D eigenvalue weighted by Gasteiger charge is 2.22. The monoisotopic (exact) mass is 552 g/mol. The van der Waals surface area contributed by atoms with Crippen LogP contribution in [-0.2, 0) is 13.2 Å². The molecule has 1 aliphatic rings. The Hall–Kier alpha value is -0.300. The molecular formula is C21H28Br2Cl2N2O. The van der Waals surface area contributed by atoms with Crippen LogP contribution in [0.2, 0.25) is 0 Å². The van der Waals surface area contributed by atoms with Crippen LogP contribution < -0.4 is 10.1 Å². The number of ether oxygens (including phenoxy) is 1. The molecule has 1 aliphatic heterocycles. The summed E-state index contributed by atoms with van der Waals surface area (Å²) in [5.41, 5.74) is 2.41. The fraction of sp³-hybridized carbons (Fsp3) is 0.429. The van der Waals surface area contributed by atoms with Crippen molar-refractivity contribution in [3.8, 4) is 5.75 Å². The molecule has 1 saturated heterocycles. The number of halogens is 4. The van der Waals surface area contributed by atoms with E-state index in [1.54, 1.807) is 0 Å². The van der Waals surface area contributed by atoms with Crippen LogP contribution in [0.25, 0.3) is 0 Å². The molecule has 0 spiro atoms. The summed E-state index contributed by atoms with van der Waals surface area (Å²) < 4.78 is 7.97. The zero-order valence-corrected chi connectivity index (χ0v) is 20.8. The molecule has 1 unspecified atom stereocenters. The summed E-state index contributed by atoms with van der Waals surface area (Å²) in [4.78, 5) is 2.57. The molecule has 1 fully saturated rings. The number of hydrogen-bond donors (Lipinski definition) is 1. The zero-order chi connectivity index (χ0) is 18.4. The van der Waals surface area contributed by atoms with E-state index in [-0.39, 0.29) is 24.8 Å². The van der Waals surface area contributed by atoms with Crippen molar-refractivity contribution in [3.63, 3.8) is 0 Å². The fourth-order valence-electron chi connectivity index (χ4n) is 3.51. The average Bonchev–Trinajstić information content (AvgIpc) is 3.09. The maximum Gasteiger partial charge on any atom is 0.148 e. The molecule has 1 heterocycles. The van der Waals surface area contributed by atoms with Crippen molar-refractivity contribution in [3.05, 3.63) is 62.5 Å². The second kappa shape index (κ2) is 13.1. The average molecular weight is 555 g/mol. The second-order valence-corrected chi connectivity index (χ2v) is 8.43. The van der Waals surface area contributed by atoms with Crippen molar-refractivity contribution in [2.75, 3.05) is 19.6 Å². The van der Waals surface area contributed by atoms with Crippen molar-refractivity contribution in [1.82, 2.24) is 10.2 Å². The minimum absolute atomic E-state index is 0. The van der Waals surface area contributed by atoms with Crippen LogP contribution in [0.15, 0.2) is 51.4 Å². The Morgan fingerprint density at radius 2 is 1.75 bits per heavy atom. The van der Waals surface area contributed by atoms with E-state index < -0.39 is 0 Å². The van der Waals surface area contributed by atoms with Gasteiger partial charge in [-0.3, -0.25) is 4.90 Å². The lowest BCUT2D eigenvalue weighted by Crippen LogP contribution is -2.37. The normalized spacial score (nSPS) is 16.3. The van der Waals surface area contributed by atoms with Crippen LogP contribution in [0.4, 0.5) is 0 Å². The van der Waals surface area contributed by atoms with E-state index in [1.807, 2.05) is 18.2 Å². The van der Waals surface area contributed by atoms with Crippen LogP contribution >= 0.6 is 56.7 Å². The van der Waals surface area contributed by atoms with Gasteiger partial charge >= 0.3 is 0 Å². The van der Waals surface area contributed by atoms with Gasteiger partial charge in [0.2, 0.25) is 0 Å². The Bertz CT molecular complexity index is 696. The molecule has 0 aromatic heterocycles. The zero-order valence-electron chi connectivity index (χ0n) is 16.0. The standard InChI is InChI=1S/C21H26Br2N2O.2ClH/c1-2-25-10-6-9-18(25)14-24-13-17-11-19(22)21(20(23)12-17)26-15-16-7-4-3-5-8-16;;/h3-5,7-8,11-12,18,24H,2,6,9-10,13-15H2,1H3;2*1H. The van der Waals surface area contributed by atoms with Gasteiger partial charge in [0.05, 0.1) is 8.95 Å². The molecule has 3 rings (SSSR count). The number of likely N-dealkylation sites (N-methyl/N-ethyl adjacent to an activating group) is 1. The van der Waals surface area contributed by atoms with Crippen LogP contribution in [0.3, 0.4) is 0 Å². The summed E-state index contributed by atoms with van der Waals surface area (Å²) >= 11 is 7.32. The molecule has 0 bridgehead atoms. The van der Waals surface area contributed by atoms with E-state index in [2.05, 4.69) is 73.3 Å². The van der Waals surface area contributed by atoms with Crippen LogP contribution in [0.5, 0.6) is 5.75 Å². The van der Waals surface area contributed by atoms with Crippen molar-refractivity contribution in [2.45, 2.75) is 39.0 Å². The molecule has 3 nitrogen and oxygen atoms in total. The third kappa shape index (κ3) is 7.19. The molecule has 28 heavy (non-hydrogen) atoms. The Morgan fingerprint density at radius 1 is 1.07 bits per heavy atom. The summed E-state index contributed by atoms with van der Waals surface area (Å²) in [7, 11) is 0. The van der Waals surface area contributed by atoms with Gasteiger partial charge in [-0.2, -0.15) is 0 Å². The predicted molar refractivity (Wildman–Crippen MR) is 129 cm³/mol. The highest BCUT2D eigenvalue weighted by Crippen LogP contribution is 2.35. The quantitative estimate of drug-likeness (QED) is 0.420. The number of nitrogens with one attached hydrogen (secondary N) is 1. The van der Waals surface area contributed by atoms with Crippen LogP contribution in [-0.4, -0.2) is 30.6 Å². The third-order valence-electron chi connectivity index (χ3n) is 4.90. The summed E-state index contributed by atoms with van der Waals surface area (Å²) in [5.74, 6) is 0.852. The van der Waals surface area contributed by atoms with Gasteiger partial charge in [-0.05, 0) is 81.1 Å². The molecule has 2 aromatic rings. The van der Waals surface area contributed by atoms with E-state index in [1.165, 1.54) is 24.9 Å². The van der Waals surface area contributed by atoms with E-state index in [9.17, 15) is 0 Å². The van der Waals surface area contributed by atoms with Crippen molar-refractivity contribution >= 4 is 56.7 Å². The molecule has 156 valence electrons. The highest BCUT2D eigenvalue weighted by atomic mass is 79.9. The van der Waals surface area contributed by atoms with Crippen LogP contribution in [0.1, 0.15) is 30.9 Å². The molecule has 7 heteroatoms. The molecule has 0 aliphatic carbocycles. The number of hydrogen-bond acceptors (Lipinski definition) is 3. The largest absolute Gasteiger partial charge is 0.487 e. The topological polar surface area (TPSA) is 24.5 Å². The molecule has 1 atom stereocenters. The fourth-order valence-corrected chi connectivity index (χ4v) is 5.02. The maximum atomic E-state index is 6.00. The van der Waals surface area contributed by atoms with E-state index in [4.69, 9.17) is 4.74 Å². The first-order valence-electron chi connectivity index (χ1n) is 9.26. The first-order valence-corrected chi connectivity index (χ1v) is 10.9. The summed E-state index contributed by atoms with van der Waals surface area (Å²) in [6.45, 7) is 7.12. The second-order valence-electron chi connectivity index (χ2n) is 6.72. The lowest BCUT2D eigenvalue weighted by molar-refractivity contribution is 0.260. The van der Waals surface area contributed by atoms with Gasteiger partial charge in [0.1, 0.15) is 12.4 Å². The number of benzene rings is 2. The number of nitrogens with zero attached hydrogens (tertiary/aromatic N) is 1. The maximum absolute atomic E-state index is 6.00. The minimum atomic E-state index is 0. The molecule has 2 aromatic carbocycles. The van der Waals surface area contributed by atoms with Crippen molar-refractivity contribution in [2.24, 2.45) is 0 Å². The van der Waals surface area contributed by atoms with Gasteiger partial charge in [0.15, 0.2) is 0 Å². The number of rotatable bonds is 8. The summed E-state index contributed by atoms with van der Waals surface area (Å²) in [6.07, 6.45) is 2.63. The first kappa shape index (κ1) is 25.7. The lowest BCUT2D eigenvalue weighted by Gasteiger charge is -2.23.